The summed E-state index contributed by atoms with van der Waals surface area (Å²) in [4.78, 5) is 11.6. The van der Waals surface area contributed by atoms with Crippen LogP contribution in [0.15, 0.2) is 6.33 Å². The Morgan fingerprint density at radius 1 is 1.53 bits per heavy atom. The molecule has 0 aliphatic carbocycles. The Balaban J connectivity index is 2.22. The smallest absolute Gasteiger partial charge is 0.236 e. The molecule has 0 aliphatic heterocycles. The highest BCUT2D eigenvalue weighted by Gasteiger charge is 2.11. The van der Waals surface area contributed by atoms with Gasteiger partial charge in [-0.15, -0.1) is 10.2 Å². The van der Waals surface area contributed by atoms with E-state index in [-0.39, 0.29) is 11.9 Å². The van der Waals surface area contributed by atoms with Crippen molar-refractivity contribution >= 4 is 5.91 Å². The van der Waals surface area contributed by atoms with Gasteiger partial charge in [0.15, 0.2) is 0 Å². The maximum absolute atomic E-state index is 11.6. The minimum atomic E-state index is -0.172. The first-order chi connectivity index (χ1) is 8.15. The van der Waals surface area contributed by atoms with Crippen molar-refractivity contribution < 1.29 is 4.79 Å². The van der Waals surface area contributed by atoms with Crippen LogP contribution in [-0.2, 0) is 18.3 Å². The highest BCUT2D eigenvalue weighted by molar-refractivity contribution is 5.81. The molecule has 1 unspecified atom stereocenters. The zero-order chi connectivity index (χ0) is 12.7. The third-order valence-electron chi connectivity index (χ3n) is 2.55. The number of carbonyl (C=O) groups excluding carboxylic acids is 1. The summed E-state index contributed by atoms with van der Waals surface area (Å²) in [6, 6.07) is -0.172. The Morgan fingerprint density at radius 2 is 2.29 bits per heavy atom. The van der Waals surface area contributed by atoms with Crippen LogP contribution in [-0.4, -0.2) is 39.8 Å². The van der Waals surface area contributed by atoms with Crippen molar-refractivity contribution in [3.8, 4) is 0 Å². The van der Waals surface area contributed by atoms with Gasteiger partial charge < -0.3 is 15.2 Å². The zero-order valence-corrected chi connectivity index (χ0v) is 10.7. The molecule has 0 saturated carbocycles. The van der Waals surface area contributed by atoms with Gasteiger partial charge in [0.25, 0.3) is 0 Å². The van der Waals surface area contributed by atoms with E-state index in [4.69, 9.17) is 0 Å². The van der Waals surface area contributed by atoms with Crippen LogP contribution in [0.3, 0.4) is 0 Å². The standard InChI is InChI=1S/C11H21N5O/c1-4-6-13-11(17)9(2)12-7-5-10-15-14-8-16(10)3/h8-9,12H,4-7H2,1-3H3,(H,13,17). The van der Waals surface area contributed by atoms with Gasteiger partial charge in [0.1, 0.15) is 12.2 Å². The topological polar surface area (TPSA) is 71.8 Å². The van der Waals surface area contributed by atoms with E-state index in [9.17, 15) is 4.79 Å². The van der Waals surface area contributed by atoms with E-state index in [0.29, 0.717) is 6.54 Å². The molecule has 0 spiro atoms. The van der Waals surface area contributed by atoms with Crippen LogP contribution < -0.4 is 10.6 Å². The molecule has 0 aliphatic rings. The molecule has 1 aromatic heterocycles. The van der Waals surface area contributed by atoms with Crippen LogP contribution >= 0.6 is 0 Å². The zero-order valence-electron chi connectivity index (χ0n) is 10.7. The molecule has 1 rings (SSSR count). The van der Waals surface area contributed by atoms with Crippen molar-refractivity contribution in [2.45, 2.75) is 32.7 Å². The predicted molar refractivity (Wildman–Crippen MR) is 65.5 cm³/mol. The number of carbonyl (C=O) groups is 1. The second kappa shape index (κ2) is 7.01. The highest BCUT2D eigenvalue weighted by Crippen LogP contribution is 1.92. The summed E-state index contributed by atoms with van der Waals surface area (Å²) in [5.41, 5.74) is 0. The molecule has 1 atom stereocenters. The summed E-state index contributed by atoms with van der Waals surface area (Å²) < 4.78 is 1.88. The van der Waals surface area contributed by atoms with Gasteiger partial charge in [-0.05, 0) is 13.3 Å². The van der Waals surface area contributed by atoms with Gasteiger partial charge in [-0.25, -0.2) is 0 Å². The van der Waals surface area contributed by atoms with Gasteiger partial charge in [-0.2, -0.15) is 0 Å². The SMILES string of the molecule is CCCNC(=O)C(C)NCCc1nncn1C. The summed E-state index contributed by atoms with van der Waals surface area (Å²) >= 11 is 0. The lowest BCUT2D eigenvalue weighted by molar-refractivity contribution is -0.122. The molecule has 2 N–H and O–H groups in total. The van der Waals surface area contributed by atoms with Crippen molar-refractivity contribution in [2.24, 2.45) is 7.05 Å². The minimum Gasteiger partial charge on any atom is -0.355 e. The largest absolute Gasteiger partial charge is 0.355 e. The van der Waals surface area contributed by atoms with Crippen molar-refractivity contribution in [3.05, 3.63) is 12.2 Å². The van der Waals surface area contributed by atoms with Gasteiger partial charge in [-0.1, -0.05) is 6.92 Å². The fourth-order valence-electron chi connectivity index (χ4n) is 1.43. The molecule has 0 bridgehead atoms. The number of amides is 1. The molecule has 96 valence electrons. The molecule has 1 heterocycles. The average Bonchev–Trinajstić information content (AvgIpc) is 2.72. The number of hydrogen-bond donors (Lipinski definition) is 2. The summed E-state index contributed by atoms with van der Waals surface area (Å²) in [6.07, 6.45) is 3.39. The first kappa shape index (κ1) is 13.6. The van der Waals surface area contributed by atoms with Crippen LogP contribution in [0.5, 0.6) is 0 Å². The van der Waals surface area contributed by atoms with E-state index in [1.165, 1.54) is 0 Å². The van der Waals surface area contributed by atoms with E-state index in [1.54, 1.807) is 6.33 Å². The van der Waals surface area contributed by atoms with Crippen LogP contribution in [0.25, 0.3) is 0 Å². The van der Waals surface area contributed by atoms with Gasteiger partial charge in [0.05, 0.1) is 6.04 Å². The molecule has 1 aromatic rings. The molecule has 17 heavy (non-hydrogen) atoms. The Kier molecular flexibility index (Phi) is 5.62. The van der Waals surface area contributed by atoms with Crippen molar-refractivity contribution in [1.29, 1.82) is 0 Å². The Labute approximate surface area is 102 Å². The molecule has 6 heteroatoms. The summed E-state index contributed by atoms with van der Waals surface area (Å²) in [7, 11) is 1.91. The number of rotatable bonds is 7. The maximum atomic E-state index is 11.6. The Bertz CT molecular complexity index is 349. The van der Waals surface area contributed by atoms with Crippen molar-refractivity contribution in [1.82, 2.24) is 25.4 Å². The fourth-order valence-corrected chi connectivity index (χ4v) is 1.43. The van der Waals surface area contributed by atoms with Gasteiger partial charge in [-0.3, -0.25) is 4.79 Å². The third-order valence-corrected chi connectivity index (χ3v) is 2.55. The van der Waals surface area contributed by atoms with Crippen LogP contribution in [0, 0.1) is 0 Å². The maximum Gasteiger partial charge on any atom is 0.236 e. The number of aromatic nitrogens is 3. The molecular weight excluding hydrogens is 218 g/mol. The van der Waals surface area contributed by atoms with E-state index < -0.39 is 0 Å². The molecule has 0 fully saturated rings. The molecule has 1 amide bonds. The summed E-state index contributed by atoms with van der Waals surface area (Å²) in [5, 5.41) is 13.8. The average molecular weight is 239 g/mol. The monoisotopic (exact) mass is 239 g/mol. The lowest BCUT2D eigenvalue weighted by Gasteiger charge is -2.13. The van der Waals surface area contributed by atoms with E-state index in [2.05, 4.69) is 20.8 Å². The number of nitrogens with one attached hydrogen (secondary N) is 2. The molecular formula is C11H21N5O. The first-order valence-electron chi connectivity index (χ1n) is 5.99. The second-order valence-electron chi connectivity index (χ2n) is 4.07. The molecule has 0 aromatic carbocycles. The van der Waals surface area contributed by atoms with E-state index >= 15 is 0 Å². The molecule has 6 nitrogen and oxygen atoms in total. The third kappa shape index (κ3) is 4.52. The van der Waals surface area contributed by atoms with Gasteiger partial charge >= 0.3 is 0 Å². The predicted octanol–water partition coefficient (Wildman–Crippen LogP) is -0.138. The first-order valence-corrected chi connectivity index (χ1v) is 5.99. The minimum absolute atomic E-state index is 0.0461. The number of hydrogen-bond acceptors (Lipinski definition) is 4. The van der Waals surface area contributed by atoms with Gasteiger partial charge in [0, 0.05) is 26.6 Å². The van der Waals surface area contributed by atoms with Crippen LogP contribution in [0.1, 0.15) is 26.1 Å². The number of aryl methyl sites for hydroxylation is 1. The van der Waals surface area contributed by atoms with E-state index in [0.717, 1.165) is 25.2 Å². The Morgan fingerprint density at radius 3 is 2.88 bits per heavy atom. The lowest BCUT2D eigenvalue weighted by Crippen LogP contribution is -2.43. The van der Waals surface area contributed by atoms with Crippen molar-refractivity contribution in [3.63, 3.8) is 0 Å². The quantitative estimate of drug-likeness (QED) is 0.695. The Hall–Kier alpha value is -1.43. The molecule has 0 saturated heterocycles. The fraction of sp³-hybridized carbons (Fsp3) is 0.727. The normalized spacial score (nSPS) is 12.4. The van der Waals surface area contributed by atoms with Gasteiger partial charge in [0.2, 0.25) is 5.91 Å². The summed E-state index contributed by atoms with van der Waals surface area (Å²) in [5.74, 6) is 0.962. The summed E-state index contributed by atoms with van der Waals surface area (Å²) in [6.45, 7) is 5.34. The van der Waals surface area contributed by atoms with E-state index in [1.807, 2.05) is 25.5 Å². The lowest BCUT2D eigenvalue weighted by atomic mass is 10.3. The van der Waals surface area contributed by atoms with Crippen LogP contribution in [0.2, 0.25) is 0 Å². The number of nitrogens with zero attached hydrogens (tertiary/aromatic N) is 3. The van der Waals surface area contributed by atoms with Crippen LogP contribution in [0.4, 0.5) is 0 Å². The molecule has 0 radical (unpaired) electrons. The van der Waals surface area contributed by atoms with Crippen molar-refractivity contribution in [2.75, 3.05) is 13.1 Å². The second-order valence-corrected chi connectivity index (χ2v) is 4.07. The highest BCUT2D eigenvalue weighted by atomic mass is 16.2.